The Morgan fingerprint density at radius 3 is 2.44 bits per heavy atom. The van der Waals surface area contributed by atoms with Crippen molar-refractivity contribution < 1.29 is 27.5 Å². The number of hydrogen-bond acceptors (Lipinski definition) is 6. The lowest BCUT2D eigenvalue weighted by atomic mass is 9.94. The van der Waals surface area contributed by atoms with Crippen LogP contribution in [0.4, 0.5) is 0 Å². The lowest BCUT2D eigenvalue weighted by Crippen LogP contribution is -2.69. The Kier molecular flexibility index (Phi) is 7.83. The third kappa shape index (κ3) is 5.68. The van der Waals surface area contributed by atoms with Crippen molar-refractivity contribution in [1.82, 2.24) is 14.5 Å². The second-order valence-electron chi connectivity index (χ2n) is 8.37. The highest BCUT2D eigenvalue weighted by molar-refractivity contribution is 7.88. The van der Waals surface area contributed by atoms with E-state index >= 15 is 0 Å². The van der Waals surface area contributed by atoms with Gasteiger partial charge in [-0.1, -0.05) is 36.4 Å². The molecule has 1 aliphatic rings. The molecule has 2 aromatic carbocycles. The zero-order valence-corrected chi connectivity index (χ0v) is 20.7. The van der Waals surface area contributed by atoms with E-state index in [1.54, 1.807) is 25.1 Å². The van der Waals surface area contributed by atoms with Gasteiger partial charge in [-0.25, -0.2) is 8.42 Å². The number of piperazine rings is 1. The van der Waals surface area contributed by atoms with Crippen molar-refractivity contribution in [2.45, 2.75) is 32.5 Å². The largest absolute Gasteiger partial charge is 0.493 e. The summed E-state index contributed by atoms with van der Waals surface area (Å²) in [6.07, 6.45) is 1.04. The quantitative estimate of drug-likeness (QED) is 0.576. The Bertz CT molecular complexity index is 1140. The Morgan fingerprint density at radius 2 is 1.82 bits per heavy atom. The number of carbonyl (C=O) groups is 2. The van der Waals surface area contributed by atoms with Crippen molar-refractivity contribution in [1.29, 1.82) is 0 Å². The van der Waals surface area contributed by atoms with Gasteiger partial charge in [0.1, 0.15) is 5.54 Å². The fraction of sp³-hybridized carbons (Fsp3) is 0.417. The molecule has 1 N–H and O–H groups in total. The highest BCUT2D eigenvalue weighted by Crippen LogP contribution is 2.31. The van der Waals surface area contributed by atoms with E-state index in [1.165, 1.54) is 12.0 Å². The summed E-state index contributed by atoms with van der Waals surface area (Å²) in [4.78, 5) is 28.0. The molecule has 9 nitrogen and oxygen atoms in total. The Hall–Kier alpha value is -3.11. The highest BCUT2D eigenvalue weighted by atomic mass is 32.2. The van der Waals surface area contributed by atoms with Crippen LogP contribution >= 0.6 is 0 Å². The summed E-state index contributed by atoms with van der Waals surface area (Å²) >= 11 is 0. The molecule has 184 valence electrons. The summed E-state index contributed by atoms with van der Waals surface area (Å²) in [6, 6.07) is 14.7. The molecule has 1 saturated heterocycles. The molecule has 0 radical (unpaired) electrons. The van der Waals surface area contributed by atoms with Gasteiger partial charge in [-0.05, 0) is 37.1 Å². The lowest BCUT2D eigenvalue weighted by molar-refractivity contribution is -0.153. The van der Waals surface area contributed by atoms with Crippen molar-refractivity contribution >= 4 is 21.8 Å². The number of amides is 2. The summed E-state index contributed by atoms with van der Waals surface area (Å²) < 4.78 is 36.5. The van der Waals surface area contributed by atoms with Crippen LogP contribution in [0, 0.1) is 0 Å². The average molecular weight is 490 g/mol. The van der Waals surface area contributed by atoms with Gasteiger partial charge in [0.05, 0.1) is 26.5 Å². The third-order valence-electron chi connectivity index (χ3n) is 5.82. The molecule has 1 unspecified atom stereocenters. The van der Waals surface area contributed by atoms with Gasteiger partial charge in [-0.15, -0.1) is 0 Å². The van der Waals surface area contributed by atoms with Crippen LogP contribution < -0.4 is 14.8 Å². The predicted octanol–water partition coefficient (Wildman–Crippen LogP) is 1.77. The molecule has 0 saturated carbocycles. The number of ether oxygens (including phenoxy) is 2. The van der Waals surface area contributed by atoms with Gasteiger partial charge in [0.2, 0.25) is 21.8 Å². The van der Waals surface area contributed by atoms with Gasteiger partial charge < -0.3 is 19.7 Å². The zero-order valence-electron chi connectivity index (χ0n) is 19.9. The Morgan fingerprint density at radius 1 is 1.12 bits per heavy atom. The summed E-state index contributed by atoms with van der Waals surface area (Å²) in [5.74, 6) is 0.194. The van der Waals surface area contributed by atoms with Crippen molar-refractivity contribution in [3.05, 3.63) is 59.7 Å². The lowest BCUT2D eigenvalue weighted by Gasteiger charge is -2.46. The molecule has 0 bridgehead atoms. The monoisotopic (exact) mass is 489 g/mol. The van der Waals surface area contributed by atoms with Crippen molar-refractivity contribution in [2.75, 3.05) is 33.1 Å². The van der Waals surface area contributed by atoms with E-state index in [9.17, 15) is 18.0 Å². The SMILES string of the molecule is CCOc1ccc(CN2C(=O)CN(S(C)(=O)=O)CC2(C)C(=O)NCc2ccccc2)cc1OC. The van der Waals surface area contributed by atoms with Gasteiger partial charge in [0.15, 0.2) is 11.5 Å². The van der Waals surface area contributed by atoms with E-state index in [-0.39, 0.29) is 26.2 Å². The first kappa shape index (κ1) is 25.5. The van der Waals surface area contributed by atoms with Crippen LogP contribution in [-0.2, 0) is 32.7 Å². The van der Waals surface area contributed by atoms with Crippen molar-refractivity contribution in [3.63, 3.8) is 0 Å². The predicted molar refractivity (Wildman–Crippen MR) is 128 cm³/mol. The third-order valence-corrected chi connectivity index (χ3v) is 7.01. The molecule has 1 heterocycles. The topological polar surface area (TPSA) is 105 Å². The van der Waals surface area contributed by atoms with Gasteiger partial charge in [-0.3, -0.25) is 9.59 Å². The number of nitrogens with one attached hydrogen (secondary N) is 1. The molecule has 0 aromatic heterocycles. The van der Waals surface area contributed by atoms with Crippen LogP contribution in [0.2, 0.25) is 0 Å². The molecule has 10 heteroatoms. The number of benzene rings is 2. The smallest absolute Gasteiger partial charge is 0.247 e. The molecule has 1 fully saturated rings. The number of methoxy groups -OCH3 is 1. The number of nitrogens with zero attached hydrogens (tertiary/aromatic N) is 2. The second kappa shape index (κ2) is 10.4. The van der Waals surface area contributed by atoms with E-state index in [0.29, 0.717) is 18.1 Å². The summed E-state index contributed by atoms with van der Waals surface area (Å²) in [5.41, 5.74) is 0.201. The minimum Gasteiger partial charge on any atom is -0.493 e. The normalized spacial score (nSPS) is 19.1. The molecule has 1 atom stereocenters. The maximum atomic E-state index is 13.4. The second-order valence-corrected chi connectivity index (χ2v) is 10.4. The molecular formula is C24H31N3O6S. The maximum absolute atomic E-state index is 13.4. The minimum atomic E-state index is -3.68. The van der Waals surface area contributed by atoms with Crippen LogP contribution in [0.25, 0.3) is 0 Å². The number of rotatable bonds is 9. The molecular weight excluding hydrogens is 458 g/mol. The van der Waals surface area contributed by atoms with E-state index in [1.807, 2.05) is 37.3 Å². The molecule has 0 aliphatic carbocycles. The standard InChI is InChI=1S/C24H31N3O6S/c1-5-33-20-12-11-19(13-21(20)32-3)15-27-22(28)16-26(34(4,30)31)17-24(27,2)23(29)25-14-18-9-7-6-8-10-18/h6-13H,5,14-17H2,1-4H3,(H,25,29). The number of sulfonamides is 1. The fourth-order valence-electron chi connectivity index (χ4n) is 3.92. The molecule has 0 spiro atoms. The summed E-state index contributed by atoms with van der Waals surface area (Å²) in [7, 11) is -2.15. The number of carbonyl (C=O) groups excluding carboxylic acids is 2. The fourth-order valence-corrected chi connectivity index (χ4v) is 4.75. The molecule has 34 heavy (non-hydrogen) atoms. The van der Waals surface area contributed by atoms with Crippen LogP contribution in [-0.4, -0.2) is 68.0 Å². The van der Waals surface area contributed by atoms with Crippen LogP contribution in [0.5, 0.6) is 11.5 Å². The zero-order chi connectivity index (χ0) is 24.9. The minimum absolute atomic E-state index is 0.106. The van der Waals surface area contributed by atoms with Gasteiger partial charge in [0.25, 0.3) is 0 Å². The summed E-state index contributed by atoms with van der Waals surface area (Å²) in [6.45, 7) is 3.82. The molecule has 3 rings (SSSR count). The van der Waals surface area contributed by atoms with Gasteiger partial charge >= 0.3 is 0 Å². The first-order valence-electron chi connectivity index (χ1n) is 11.0. The van der Waals surface area contributed by atoms with Crippen LogP contribution in [0.1, 0.15) is 25.0 Å². The molecule has 2 aromatic rings. The molecule has 1 aliphatic heterocycles. The summed E-state index contributed by atoms with van der Waals surface area (Å²) in [5, 5.41) is 2.87. The first-order valence-corrected chi connectivity index (χ1v) is 12.8. The van der Waals surface area contributed by atoms with Gasteiger partial charge in [0, 0.05) is 19.6 Å². The van der Waals surface area contributed by atoms with E-state index < -0.39 is 27.4 Å². The van der Waals surface area contributed by atoms with Crippen molar-refractivity contribution in [2.24, 2.45) is 0 Å². The number of hydrogen-bond donors (Lipinski definition) is 1. The van der Waals surface area contributed by atoms with Crippen molar-refractivity contribution in [3.8, 4) is 11.5 Å². The van der Waals surface area contributed by atoms with Gasteiger partial charge in [-0.2, -0.15) is 4.31 Å². The average Bonchev–Trinajstić information content (AvgIpc) is 2.80. The van der Waals surface area contributed by atoms with E-state index in [4.69, 9.17) is 9.47 Å². The van der Waals surface area contributed by atoms with Crippen LogP contribution in [0.3, 0.4) is 0 Å². The van der Waals surface area contributed by atoms with E-state index in [0.717, 1.165) is 21.7 Å². The van der Waals surface area contributed by atoms with E-state index in [2.05, 4.69) is 5.32 Å². The van der Waals surface area contributed by atoms with Crippen LogP contribution in [0.15, 0.2) is 48.5 Å². The highest BCUT2D eigenvalue weighted by Gasteiger charge is 2.49. The molecule has 2 amide bonds. The Balaban J connectivity index is 1.91. The Labute approximate surface area is 200 Å². The maximum Gasteiger partial charge on any atom is 0.247 e. The first-order chi connectivity index (χ1) is 16.1.